The molecule has 3 aromatic carbocycles. The predicted molar refractivity (Wildman–Crippen MR) is 114 cm³/mol. The molecule has 0 saturated carbocycles. The Balaban J connectivity index is 1.88. The number of aromatic hydroxyl groups is 1. The first kappa shape index (κ1) is 18.8. The third-order valence-electron chi connectivity index (χ3n) is 5.31. The van der Waals surface area contributed by atoms with Crippen molar-refractivity contribution in [1.82, 2.24) is 0 Å². The molecule has 0 aliphatic heterocycles. The molecule has 0 aliphatic rings. The highest BCUT2D eigenvalue weighted by Gasteiger charge is 2.29. The second-order valence-corrected chi connectivity index (χ2v) is 7.15. The van der Waals surface area contributed by atoms with Crippen molar-refractivity contribution in [2.45, 2.75) is 5.92 Å². The average Bonchev–Trinajstić information content (AvgIpc) is 2.78. The van der Waals surface area contributed by atoms with Crippen LogP contribution in [0.15, 0.2) is 97.5 Å². The summed E-state index contributed by atoms with van der Waals surface area (Å²) in [5, 5.41) is 11.6. The number of para-hydroxylation sites is 2. The number of benzene rings is 3. The molecular weight excluding hydrogens is 399 g/mol. The lowest BCUT2D eigenvalue weighted by Gasteiger charge is -2.18. The normalized spacial score (nSPS) is 12.3. The zero-order valence-corrected chi connectivity index (χ0v) is 16.0. The Morgan fingerprint density at radius 3 is 2.32 bits per heavy atom. The molecule has 5 nitrogen and oxygen atoms in total. The first-order valence-electron chi connectivity index (χ1n) is 9.55. The SMILES string of the molecule is O=c1oc2ccccc2c(O)c1C(c1cccc(F)c1)c1coc2ccccc2c1=O. The van der Waals surface area contributed by atoms with E-state index in [1.165, 1.54) is 24.5 Å². The first-order valence-corrected chi connectivity index (χ1v) is 9.55. The summed E-state index contributed by atoms with van der Waals surface area (Å²) in [4.78, 5) is 26.3. The van der Waals surface area contributed by atoms with E-state index in [1.54, 1.807) is 54.6 Å². The van der Waals surface area contributed by atoms with E-state index in [4.69, 9.17) is 8.83 Å². The highest BCUT2D eigenvalue weighted by Crippen LogP contribution is 2.37. The lowest BCUT2D eigenvalue weighted by Crippen LogP contribution is -2.21. The van der Waals surface area contributed by atoms with E-state index in [0.29, 0.717) is 21.9 Å². The Bertz CT molecular complexity index is 1560. The van der Waals surface area contributed by atoms with Gasteiger partial charge in [0, 0.05) is 5.56 Å². The van der Waals surface area contributed by atoms with Crippen LogP contribution in [0.5, 0.6) is 5.75 Å². The summed E-state index contributed by atoms with van der Waals surface area (Å²) in [6.07, 6.45) is 1.24. The molecule has 5 rings (SSSR count). The van der Waals surface area contributed by atoms with Crippen LogP contribution in [0.2, 0.25) is 0 Å². The van der Waals surface area contributed by atoms with Crippen LogP contribution < -0.4 is 11.1 Å². The third kappa shape index (κ3) is 3.09. The van der Waals surface area contributed by atoms with E-state index >= 15 is 0 Å². The second-order valence-electron chi connectivity index (χ2n) is 7.15. The monoisotopic (exact) mass is 414 g/mol. The summed E-state index contributed by atoms with van der Waals surface area (Å²) < 4.78 is 25.2. The molecule has 0 spiro atoms. The van der Waals surface area contributed by atoms with Crippen molar-refractivity contribution in [1.29, 1.82) is 0 Å². The fourth-order valence-electron chi connectivity index (χ4n) is 3.88. The number of hydrogen-bond donors (Lipinski definition) is 1. The van der Waals surface area contributed by atoms with Gasteiger partial charge in [0.2, 0.25) is 0 Å². The van der Waals surface area contributed by atoms with Gasteiger partial charge in [-0.05, 0) is 42.0 Å². The van der Waals surface area contributed by atoms with Crippen LogP contribution in [0.3, 0.4) is 0 Å². The zero-order valence-electron chi connectivity index (χ0n) is 16.0. The quantitative estimate of drug-likeness (QED) is 0.424. The summed E-state index contributed by atoms with van der Waals surface area (Å²) in [6, 6.07) is 18.7. The maximum Gasteiger partial charge on any atom is 0.344 e. The maximum atomic E-state index is 14.1. The van der Waals surface area contributed by atoms with Crippen LogP contribution in [0.25, 0.3) is 21.9 Å². The smallest absolute Gasteiger partial charge is 0.344 e. The molecule has 1 atom stereocenters. The topological polar surface area (TPSA) is 80.7 Å². The van der Waals surface area contributed by atoms with Crippen molar-refractivity contribution in [2.24, 2.45) is 0 Å². The molecule has 0 amide bonds. The van der Waals surface area contributed by atoms with Gasteiger partial charge in [0.1, 0.15) is 22.7 Å². The Hall–Kier alpha value is -4.19. The summed E-state index contributed by atoms with van der Waals surface area (Å²) in [5.74, 6) is -1.97. The molecule has 152 valence electrons. The van der Waals surface area contributed by atoms with Crippen molar-refractivity contribution in [2.75, 3.05) is 0 Å². The molecule has 6 heteroatoms. The molecule has 31 heavy (non-hydrogen) atoms. The van der Waals surface area contributed by atoms with Crippen LogP contribution >= 0.6 is 0 Å². The first-order chi connectivity index (χ1) is 15.0. The zero-order chi connectivity index (χ0) is 21.5. The highest BCUT2D eigenvalue weighted by molar-refractivity contribution is 5.85. The van der Waals surface area contributed by atoms with Crippen molar-refractivity contribution < 1.29 is 18.3 Å². The Morgan fingerprint density at radius 2 is 1.55 bits per heavy atom. The van der Waals surface area contributed by atoms with E-state index in [9.17, 15) is 19.1 Å². The van der Waals surface area contributed by atoms with Crippen LogP contribution in [0.4, 0.5) is 4.39 Å². The van der Waals surface area contributed by atoms with Crippen LogP contribution in [0, 0.1) is 5.82 Å². The Labute approximate surface area is 174 Å². The van der Waals surface area contributed by atoms with Crippen LogP contribution in [-0.2, 0) is 0 Å². The van der Waals surface area contributed by atoms with Gasteiger partial charge in [-0.1, -0.05) is 36.4 Å². The van der Waals surface area contributed by atoms with Gasteiger partial charge in [0.25, 0.3) is 0 Å². The molecule has 0 radical (unpaired) electrons. The van der Waals surface area contributed by atoms with E-state index in [-0.39, 0.29) is 27.9 Å². The summed E-state index contributed by atoms with van der Waals surface area (Å²) >= 11 is 0. The minimum Gasteiger partial charge on any atom is -0.507 e. The summed E-state index contributed by atoms with van der Waals surface area (Å²) in [7, 11) is 0. The van der Waals surface area contributed by atoms with Crippen molar-refractivity contribution >= 4 is 21.9 Å². The molecule has 1 N–H and O–H groups in total. The minimum absolute atomic E-state index is 0.0854. The summed E-state index contributed by atoms with van der Waals surface area (Å²) in [6.45, 7) is 0. The van der Waals surface area contributed by atoms with Gasteiger partial charge < -0.3 is 13.9 Å². The van der Waals surface area contributed by atoms with E-state index in [2.05, 4.69) is 0 Å². The van der Waals surface area contributed by atoms with Crippen molar-refractivity contribution in [3.63, 3.8) is 0 Å². The van der Waals surface area contributed by atoms with Gasteiger partial charge in [-0.3, -0.25) is 4.79 Å². The van der Waals surface area contributed by atoms with Gasteiger partial charge in [-0.15, -0.1) is 0 Å². The summed E-state index contributed by atoms with van der Waals surface area (Å²) in [5.41, 5.74) is -0.392. The van der Waals surface area contributed by atoms with E-state index in [0.717, 1.165) is 0 Å². The Morgan fingerprint density at radius 1 is 0.839 bits per heavy atom. The third-order valence-corrected chi connectivity index (χ3v) is 5.31. The molecular formula is C25H15FO5. The van der Waals surface area contributed by atoms with Gasteiger partial charge in [0.05, 0.1) is 28.5 Å². The van der Waals surface area contributed by atoms with Gasteiger partial charge >= 0.3 is 5.63 Å². The average molecular weight is 414 g/mol. The number of hydrogen-bond acceptors (Lipinski definition) is 5. The predicted octanol–water partition coefficient (Wildman–Crippen LogP) is 4.92. The Kier molecular flexibility index (Phi) is 4.40. The maximum absolute atomic E-state index is 14.1. The molecule has 1 unspecified atom stereocenters. The molecule has 0 fully saturated rings. The largest absolute Gasteiger partial charge is 0.507 e. The lowest BCUT2D eigenvalue weighted by atomic mass is 9.85. The number of rotatable bonds is 3. The number of halogens is 1. The lowest BCUT2D eigenvalue weighted by molar-refractivity contribution is 0.454. The molecule has 0 saturated heterocycles. The fourth-order valence-corrected chi connectivity index (χ4v) is 3.88. The fraction of sp³-hybridized carbons (Fsp3) is 0.0400. The molecule has 2 heterocycles. The highest BCUT2D eigenvalue weighted by atomic mass is 19.1. The molecule has 0 aliphatic carbocycles. The van der Waals surface area contributed by atoms with Gasteiger partial charge in [-0.2, -0.15) is 0 Å². The van der Waals surface area contributed by atoms with Crippen molar-refractivity contribution in [3.8, 4) is 5.75 Å². The molecule has 0 bridgehead atoms. The standard InChI is InChI=1S/C25H15FO5/c26-15-7-5-6-14(12-15)21(18-13-30-19-10-3-1-8-16(19)23(18)27)22-24(28)17-9-2-4-11-20(17)31-25(22)29/h1-13,21,28H. The second kappa shape index (κ2) is 7.25. The molecule has 5 aromatic rings. The van der Waals surface area contributed by atoms with Crippen LogP contribution in [-0.4, -0.2) is 5.11 Å². The molecule has 2 aromatic heterocycles. The minimum atomic E-state index is -1.10. The van der Waals surface area contributed by atoms with Gasteiger partial charge in [0.15, 0.2) is 5.43 Å². The van der Waals surface area contributed by atoms with Gasteiger partial charge in [-0.25, -0.2) is 9.18 Å². The van der Waals surface area contributed by atoms with Crippen LogP contribution in [0.1, 0.15) is 22.6 Å². The van der Waals surface area contributed by atoms with Crippen molar-refractivity contribution in [3.05, 3.63) is 122 Å². The number of fused-ring (bicyclic) bond motifs is 2. The van der Waals surface area contributed by atoms with E-state index < -0.39 is 17.4 Å². The van der Waals surface area contributed by atoms with E-state index in [1.807, 2.05) is 0 Å².